The van der Waals surface area contributed by atoms with Crippen LogP contribution in [0.15, 0.2) is 24.4 Å². The molecular weight excluding hydrogens is 332 g/mol. The Hall–Kier alpha value is -2.90. The van der Waals surface area contributed by atoms with Crippen LogP contribution in [-0.4, -0.2) is 33.0 Å². The van der Waals surface area contributed by atoms with E-state index in [1.807, 2.05) is 0 Å². The smallest absolute Gasteiger partial charge is 0.338 e. The molecule has 1 fully saturated rings. The number of carboxylic acid groups (broad SMARTS) is 1. The minimum Gasteiger partial charge on any atom is -0.478 e. The maximum absolute atomic E-state index is 13.9. The number of alkyl halides is 1. The second kappa shape index (κ2) is 6.54. The Morgan fingerprint density at radius 3 is 2.76 bits per heavy atom. The Morgan fingerprint density at radius 2 is 2.12 bits per heavy atom. The molecule has 1 aromatic heterocycles. The van der Waals surface area contributed by atoms with Crippen molar-refractivity contribution in [1.29, 1.82) is 0 Å². The van der Waals surface area contributed by atoms with Crippen LogP contribution in [0.25, 0.3) is 11.3 Å². The number of halogens is 2. The van der Waals surface area contributed by atoms with Crippen LogP contribution in [0.3, 0.4) is 0 Å². The number of anilines is 1. The molecule has 1 aromatic carbocycles. The number of hydrogen-bond donors (Lipinski definition) is 2. The molecule has 8 heteroatoms. The zero-order chi connectivity index (χ0) is 18.1. The highest BCUT2D eigenvalue weighted by molar-refractivity contribution is 5.89. The Bertz CT molecular complexity index is 857. The molecule has 6 nitrogen and oxygen atoms in total. The van der Waals surface area contributed by atoms with E-state index in [0.717, 1.165) is 12.1 Å². The van der Waals surface area contributed by atoms with Gasteiger partial charge in [-0.05, 0) is 25.0 Å². The molecule has 1 heterocycles. The summed E-state index contributed by atoms with van der Waals surface area (Å²) >= 11 is 0. The highest BCUT2D eigenvalue weighted by Gasteiger charge is 2.30. The number of nitrogen functional groups attached to an aromatic ring is 1. The van der Waals surface area contributed by atoms with Crippen LogP contribution in [0.5, 0.6) is 0 Å². The molecule has 25 heavy (non-hydrogen) atoms. The number of carbonyl (C=O) groups is 2. The van der Waals surface area contributed by atoms with Gasteiger partial charge in [0.15, 0.2) is 12.0 Å². The number of nitrogens with zero attached hydrogens (tertiary/aromatic N) is 2. The lowest BCUT2D eigenvalue weighted by atomic mass is 9.85. The maximum Gasteiger partial charge on any atom is 0.338 e. The van der Waals surface area contributed by atoms with Crippen LogP contribution in [0, 0.1) is 5.82 Å². The molecule has 0 bridgehead atoms. The standard InChI is InChI=1S/C17H15F2N3O3/c18-11-6-9(1-3-10(11)17(24)25)15-16(20)21-7-13(22-15)8-2-4-14(23)12(19)5-8/h1,3,6-8,12H,2,4-5H2,(H2,20,21)(H,24,25)/t8-,12-/m1/s1. The summed E-state index contributed by atoms with van der Waals surface area (Å²) in [7, 11) is 0. The average Bonchev–Trinajstić information content (AvgIpc) is 2.57. The summed E-state index contributed by atoms with van der Waals surface area (Å²) in [5.74, 6) is -2.93. The number of carbonyl (C=O) groups excluding carboxylic acids is 1. The molecule has 0 amide bonds. The van der Waals surface area contributed by atoms with Crippen molar-refractivity contribution < 1.29 is 23.5 Å². The van der Waals surface area contributed by atoms with Crippen molar-refractivity contribution in [2.45, 2.75) is 31.4 Å². The number of rotatable bonds is 3. The lowest BCUT2D eigenvalue weighted by Gasteiger charge is -2.23. The van der Waals surface area contributed by atoms with Crippen molar-refractivity contribution >= 4 is 17.6 Å². The molecule has 0 aliphatic heterocycles. The molecule has 0 unspecified atom stereocenters. The number of hydrogen-bond acceptors (Lipinski definition) is 5. The zero-order valence-corrected chi connectivity index (χ0v) is 13.1. The van der Waals surface area contributed by atoms with Crippen LogP contribution in [0.2, 0.25) is 0 Å². The topological polar surface area (TPSA) is 106 Å². The minimum atomic E-state index is -1.52. The Balaban J connectivity index is 1.96. The Kier molecular flexibility index (Phi) is 4.43. The fraction of sp³-hybridized carbons (Fsp3) is 0.294. The molecular formula is C17H15F2N3O3. The first-order chi connectivity index (χ1) is 11.9. The number of nitrogens with two attached hydrogens (primary N) is 1. The van der Waals surface area contributed by atoms with Crippen molar-refractivity contribution in [3.05, 3.63) is 41.5 Å². The molecule has 3 rings (SSSR count). The molecule has 0 spiro atoms. The van der Waals surface area contributed by atoms with Gasteiger partial charge in [0.2, 0.25) is 0 Å². The largest absolute Gasteiger partial charge is 0.478 e. The highest BCUT2D eigenvalue weighted by Crippen LogP contribution is 2.33. The summed E-state index contributed by atoms with van der Waals surface area (Å²) in [6, 6.07) is 3.53. The number of carboxylic acids is 1. The van der Waals surface area contributed by atoms with Crippen molar-refractivity contribution in [3.63, 3.8) is 0 Å². The Labute approximate surface area is 141 Å². The number of aromatic nitrogens is 2. The van der Waals surface area contributed by atoms with Crippen molar-refractivity contribution in [1.82, 2.24) is 9.97 Å². The SMILES string of the molecule is Nc1ncc([C@@H]2CCC(=O)[C@H](F)C2)nc1-c1ccc(C(=O)O)c(F)c1. The molecule has 0 radical (unpaired) electrons. The second-order valence-electron chi connectivity index (χ2n) is 5.93. The van der Waals surface area contributed by atoms with E-state index >= 15 is 0 Å². The lowest BCUT2D eigenvalue weighted by Crippen LogP contribution is -2.25. The van der Waals surface area contributed by atoms with Crippen LogP contribution < -0.4 is 5.73 Å². The predicted molar refractivity (Wildman–Crippen MR) is 85.3 cm³/mol. The van der Waals surface area contributed by atoms with Gasteiger partial charge in [0.05, 0.1) is 17.5 Å². The molecule has 2 aromatic rings. The first kappa shape index (κ1) is 16.9. The van der Waals surface area contributed by atoms with Crippen molar-refractivity contribution in [3.8, 4) is 11.3 Å². The van der Waals surface area contributed by atoms with E-state index in [4.69, 9.17) is 10.8 Å². The van der Waals surface area contributed by atoms with Gasteiger partial charge in [-0.1, -0.05) is 6.07 Å². The summed E-state index contributed by atoms with van der Waals surface area (Å²) in [6.45, 7) is 0. The number of ketones is 1. The Morgan fingerprint density at radius 1 is 1.36 bits per heavy atom. The van der Waals surface area contributed by atoms with E-state index in [-0.39, 0.29) is 35.8 Å². The number of Topliss-reactive ketones (excluding diaryl/α,β-unsaturated/α-hetero) is 1. The summed E-state index contributed by atoms with van der Waals surface area (Å²) in [5, 5.41) is 8.89. The molecule has 130 valence electrons. The van der Waals surface area contributed by atoms with Gasteiger partial charge in [0.1, 0.15) is 17.3 Å². The van der Waals surface area contributed by atoms with E-state index in [1.54, 1.807) is 0 Å². The van der Waals surface area contributed by atoms with Crippen LogP contribution >= 0.6 is 0 Å². The highest BCUT2D eigenvalue weighted by atomic mass is 19.1. The molecule has 0 saturated heterocycles. The molecule has 2 atom stereocenters. The van der Waals surface area contributed by atoms with Gasteiger partial charge in [-0.2, -0.15) is 0 Å². The molecule has 1 aliphatic carbocycles. The van der Waals surface area contributed by atoms with Gasteiger partial charge in [0, 0.05) is 17.9 Å². The van der Waals surface area contributed by atoms with Crippen molar-refractivity contribution in [2.24, 2.45) is 0 Å². The van der Waals surface area contributed by atoms with Gasteiger partial charge < -0.3 is 10.8 Å². The first-order valence-electron chi connectivity index (χ1n) is 7.69. The second-order valence-corrected chi connectivity index (χ2v) is 5.93. The first-order valence-corrected chi connectivity index (χ1v) is 7.69. The van der Waals surface area contributed by atoms with Gasteiger partial charge in [-0.3, -0.25) is 4.79 Å². The minimum absolute atomic E-state index is 0.0309. The quantitative estimate of drug-likeness (QED) is 0.884. The third-order valence-corrected chi connectivity index (χ3v) is 4.29. The van der Waals surface area contributed by atoms with Crippen molar-refractivity contribution in [2.75, 3.05) is 5.73 Å². The van der Waals surface area contributed by atoms with Gasteiger partial charge in [0.25, 0.3) is 0 Å². The van der Waals surface area contributed by atoms with E-state index < -0.39 is 29.3 Å². The third-order valence-electron chi connectivity index (χ3n) is 4.29. The fourth-order valence-electron chi connectivity index (χ4n) is 2.90. The van der Waals surface area contributed by atoms with Crippen LogP contribution in [-0.2, 0) is 4.79 Å². The van der Waals surface area contributed by atoms with Gasteiger partial charge in [-0.15, -0.1) is 0 Å². The summed E-state index contributed by atoms with van der Waals surface area (Å²) in [4.78, 5) is 30.6. The van der Waals surface area contributed by atoms with E-state index in [9.17, 15) is 18.4 Å². The molecule has 3 N–H and O–H groups in total. The zero-order valence-electron chi connectivity index (χ0n) is 13.1. The van der Waals surface area contributed by atoms with Crippen LogP contribution in [0.1, 0.15) is 41.2 Å². The predicted octanol–water partition coefficient (Wildman–Crippen LogP) is 2.74. The number of benzene rings is 1. The lowest BCUT2D eigenvalue weighted by molar-refractivity contribution is -0.125. The average molecular weight is 347 g/mol. The molecule has 1 aliphatic rings. The fourth-order valence-corrected chi connectivity index (χ4v) is 2.90. The third kappa shape index (κ3) is 3.33. The summed E-state index contributed by atoms with van der Waals surface area (Å²) in [5.41, 5.74) is 6.29. The van der Waals surface area contributed by atoms with Crippen LogP contribution in [0.4, 0.5) is 14.6 Å². The van der Waals surface area contributed by atoms with E-state index in [0.29, 0.717) is 12.1 Å². The van der Waals surface area contributed by atoms with E-state index in [2.05, 4.69) is 9.97 Å². The summed E-state index contributed by atoms with van der Waals surface area (Å²) < 4.78 is 27.6. The normalized spacial score (nSPS) is 20.5. The summed E-state index contributed by atoms with van der Waals surface area (Å²) in [6.07, 6.45) is 0.532. The number of aromatic carboxylic acids is 1. The van der Waals surface area contributed by atoms with E-state index in [1.165, 1.54) is 12.3 Å². The molecule has 1 saturated carbocycles. The van der Waals surface area contributed by atoms with Gasteiger partial charge >= 0.3 is 5.97 Å². The monoisotopic (exact) mass is 347 g/mol. The van der Waals surface area contributed by atoms with Gasteiger partial charge in [-0.25, -0.2) is 23.5 Å². The maximum atomic E-state index is 13.9.